The number of fused-ring (bicyclic) bond motifs is 1. The zero-order valence-corrected chi connectivity index (χ0v) is 25.1. The van der Waals surface area contributed by atoms with Crippen molar-refractivity contribution in [3.05, 3.63) is 54.2 Å². The molecule has 1 amide bonds. The predicted octanol–water partition coefficient (Wildman–Crippen LogP) is 7.41. The highest BCUT2D eigenvalue weighted by Crippen LogP contribution is 2.37. The van der Waals surface area contributed by atoms with Crippen LogP contribution in [0.5, 0.6) is 5.75 Å². The Labute approximate surface area is 240 Å². The fourth-order valence-corrected chi connectivity index (χ4v) is 6.14. The molecule has 2 fully saturated rings. The number of aryl methyl sites for hydroxylation is 1. The van der Waals surface area contributed by atoms with Gasteiger partial charge in [0.2, 0.25) is 5.91 Å². The number of rotatable bonds is 9. The molecule has 3 aromatic rings. The molecule has 2 aromatic carbocycles. The van der Waals surface area contributed by atoms with Gasteiger partial charge in [0.25, 0.3) is 0 Å². The van der Waals surface area contributed by atoms with Gasteiger partial charge < -0.3 is 19.3 Å². The summed E-state index contributed by atoms with van der Waals surface area (Å²) in [5.74, 6) is 0.988. The lowest BCUT2D eigenvalue weighted by molar-refractivity contribution is -0.117. The van der Waals surface area contributed by atoms with Crippen LogP contribution in [0.25, 0.3) is 22.0 Å². The van der Waals surface area contributed by atoms with Gasteiger partial charge in [-0.25, -0.2) is 0 Å². The van der Waals surface area contributed by atoms with Crippen LogP contribution in [0.1, 0.15) is 71.3 Å². The molecule has 0 atom stereocenters. The summed E-state index contributed by atoms with van der Waals surface area (Å²) in [7, 11) is 1.78. The minimum atomic E-state index is 0.0816. The van der Waals surface area contributed by atoms with E-state index < -0.39 is 0 Å². The maximum atomic E-state index is 13.0. The lowest BCUT2D eigenvalue weighted by Gasteiger charge is -2.37. The van der Waals surface area contributed by atoms with Crippen LogP contribution in [0, 0.1) is 6.92 Å². The summed E-state index contributed by atoms with van der Waals surface area (Å²) in [6, 6.07) is 14.9. The Bertz CT molecular complexity index is 1230. The van der Waals surface area contributed by atoms with E-state index in [2.05, 4.69) is 54.3 Å². The molecule has 2 aliphatic rings. The number of hydrogen-bond acceptors (Lipinski definition) is 5. The molecule has 1 aromatic heterocycles. The number of nitrogens with zero attached hydrogens (tertiary/aromatic N) is 3. The van der Waals surface area contributed by atoms with Crippen LogP contribution in [0.15, 0.2) is 48.7 Å². The molecule has 0 spiro atoms. The van der Waals surface area contributed by atoms with Crippen molar-refractivity contribution in [3.8, 4) is 16.9 Å². The summed E-state index contributed by atoms with van der Waals surface area (Å²) in [5, 5.41) is 1.02. The third-order valence-corrected chi connectivity index (χ3v) is 8.22. The molecule has 5 rings (SSSR count). The Balaban J connectivity index is 0.00000181. The number of hydrogen-bond donors (Lipinski definition) is 0. The molecule has 1 aliphatic carbocycles. The molecule has 0 radical (unpaired) electrons. The number of likely N-dealkylation sites (tertiary alicyclic amines) is 1. The van der Waals surface area contributed by atoms with Crippen molar-refractivity contribution in [2.45, 2.75) is 84.8 Å². The van der Waals surface area contributed by atoms with E-state index in [1.807, 2.05) is 24.9 Å². The number of pyridine rings is 1. The first-order chi connectivity index (χ1) is 19.5. The lowest BCUT2D eigenvalue weighted by atomic mass is 9.90. The van der Waals surface area contributed by atoms with E-state index >= 15 is 0 Å². The number of carbonyl (C=O) groups excluding carboxylic acids is 1. The summed E-state index contributed by atoms with van der Waals surface area (Å²) >= 11 is 0. The van der Waals surface area contributed by atoms with Crippen LogP contribution in [-0.2, 0) is 9.53 Å². The molecule has 0 unspecified atom stereocenters. The van der Waals surface area contributed by atoms with E-state index in [0.29, 0.717) is 6.10 Å². The SMILES string of the molecule is CC.COC1CCC(N(C(C)=O)c2c(C)cnc3ccc(-c4ccc(OCCCN5CCCC5)cc4)cc23)CC1. The minimum Gasteiger partial charge on any atom is -0.494 e. The second-order valence-corrected chi connectivity index (χ2v) is 10.9. The third kappa shape index (κ3) is 7.21. The van der Waals surface area contributed by atoms with Crippen LogP contribution >= 0.6 is 0 Å². The van der Waals surface area contributed by atoms with Gasteiger partial charge in [-0.2, -0.15) is 0 Å². The summed E-state index contributed by atoms with van der Waals surface area (Å²) in [6.07, 6.45) is 9.74. The van der Waals surface area contributed by atoms with E-state index in [1.54, 1.807) is 14.0 Å². The van der Waals surface area contributed by atoms with Crippen LogP contribution < -0.4 is 9.64 Å². The second kappa shape index (κ2) is 14.6. The number of amides is 1. The van der Waals surface area contributed by atoms with E-state index in [1.165, 1.54) is 25.9 Å². The standard InChI is InChI=1S/C32H41N3O3.C2H6/c1-23-22-33-31-16-9-26(25-7-12-29(13-8-25)38-20-6-19-34-17-4-5-18-34)21-30(31)32(23)35(24(2)36)27-10-14-28(37-3)15-11-27;1-2/h7-9,12-13,16,21-22,27-28H,4-6,10-11,14-15,17-20H2,1-3H3;1-2H3. The molecule has 1 aliphatic heterocycles. The van der Waals surface area contributed by atoms with Crippen molar-refractivity contribution < 1.29 is 14.3 Å². The van der Waals surface area contributed by atoms with Gasteiger partial charge in [-0.05, 0) is 106 Å². The Kier molecular flexibility index (Phi) is 11.0. The molecule has 40 heavy (non-hydrogen) atoms. The number of methoxy groups -OCH3 is 1. The Morgan fingerprint density at radius 1 is 1.00 bits per heavy atom. The van der Waals surface area contributed by atoms with E-state index in [-0.39, 0.29) is 11.9 Å². The highest BCUT2D eigenvalue weighted by atomic mass is 16.5. The topological polar surface area (TPSA) is 54.9 Å². The van der Waals surface area contributed by atoms with Gasteiger partial charge in [-0.3, -0.25) is 9.78 Å². The normalized spacial score (nSPS) is 19.2. The van der Waals surface area contributed by atoms with Crippen molar-refractivity contribution in [1.29, 1.82) is 0 Å². The molecular weight excluding hydrogens is 498 g/mol. The zero-order valence-electron chi connectivity index (χ0n) is 25.1. The van der Waals surface area contributed by atoms with Crippen LogP contribution in [0.4, 0.5) is 5.69 Å². The quantitative estimate of drug-likeness (QED) is 0.262. The fourth-order valence-electron chi connectivity index (χ4n) is 6.14. The Morgan fingerprint density at radius 2 is 1.68 bits per heavy atom. The summed E-state index contributed by atoms with van der Waals surface area (Å²) in [4.78, 5) is 22.3. The third-order valence-electron chi connectivity index (χ3n) is 8.22. The predicted molar refractivity (Wildman–Crippen MR) is 165 cm³/mol. The van der Waals surface area contributed by atoms with E-state index in [0.717, 1.165) is 84.3 Å². The van der Waals surface area contributed by atoms with Crippen LogP contribution in [0.2, 0.25) is 0 Å². The van der Waals surface area contributed by atoms with Crippen molar-refractivity contribution in [1.82, 2.24) is 9.88 Å². The number of ether oxygens (including phenoxy) is 2. The number of carbonyl (C=O) groups is 1. The van der Waals surface area contributed by atoms with Crippen molar-refractivity contribution in [2.24, 2.45) is 0 Å². The second-order valence-electron chi connectivity index (χ2n) is 10.9. The number of anilines is 1. The first-order valence-electron chi connectivity index (χ1n) is 15.2. The highest BCUT2D eigenvalue weighted by Gasteiger charge is 2.30. The first kappa shape index (κ1) is 30.0. The molecular formula is C34H47N3O3. The molecule has 0 bridgehead atoms. The largest absolute Gasteiger partial charge is 0.494 e. The summed E-state index contributed by atoms with van der Waals surface area (Å²) < 4.78 is 11.6. The molecule has 0 N–H and O–H groups in total. The van der Waals surface area contributed by atoms with Gasteiger partial charge in [0.1, 0.15) is 5.75 Å². The van der Waals surface area contributed by atoms with Crippen LogP contribution in [-0.4, -0.2) is 61.3 Å². The molecule has 1 saturated carbocycles. The van der Waals surface area contributed by atoms with Gasteiger partial charge in [0.05, 0.1) is 23.9 Å². The van der Waals surface area contributed by atoms with Gasteiger partial charge in [0, 0.05) is 38.2 Å². The monoisotopic (exact) mass is 545 g/mol. The summed E-state index contributed by atoms with van der Waals surface area (Å²) in [6.45, 7) is 12.1. The average Bonchev–Trinajstić information content (AvgIpc) is 3.52. The van der Waals surface area contributed by atoms with Gasteiger partial charge >= 0.3 is 0 Å². The first-order valence-corrected chi connectivity index (χ1v) is 15.2. The van der Waals surface area contributed by atoms with E-state index in [9.17, 15) is 4.79 Å². The molecule has 6 heteroatoms. The Morgan fingerprint density at radius 3 is 2.33 bits per heavy atom. The number of benzene rings is 2. The maximum Gasteiger partial charge on any atom is 0.224 e. The van der Waals surface area contributed by atoms with E-state index in [4.69, 9.17) is 14.5 Å². The van der Waals surface area contributed by atoms with Gasteiger partial charge in [-0.15, -0.1) is 0 Å². The summed E-state index contributed by atoms with van der Waals surface area (Å²) in [5.41, 5.74) is 5.15. The van der Waals surface area contributed by atoms with Gasteiger partial charge in [0.15, 0.2) is 0 Å². The average molecular weight is 546 g/mol. The van der Waals surface area contributed by atoms with Crippen molar-refractivity contribution in [3.63, 3.8) is 0 Å². The molecule has 1 saturated heterocycles. The minimum absolute atomic E-state index is 0.0816. The Hall–Kier alpha value is -2.96. The highest BCUT2D eigenvalue weighted by molar-refractivity contribution is 6.04. The molecule has 2 heterocycles. The maximum absolute atomic E-state index is 13.0. The van der Waals surface area contributed by atoms with Crippen LogP contribution in [0.3, 0.4) is 0 Å². The fraction of sp³-hybridized carbons (Fsp3) is 0.529. The smallest absolute Gasteiger partial charge is 0.224 e. The zero-order chi connectivity index (χ0) is 28.5. The van der Waals surface area contributed by atoms with Crippen molar-refractivity contribution >= 4 is 22.5 Å². The van der Waals surface area contributed by atoms with Crippen molar-refractivity contribution in [2.75, 3.05) is 38.3 Å². The van der Waals surface area contributed by atoms with Gasteiger partial charge in [-0.1, -0.05) is 32.0 Å². The number of aromatic nitrogens is 1. The molecule has 6 nitrogen and oxygen atoms in total. The molecule has 216 valence electrons. The lowest BCUT2D eigenvalue weighted by Crippen LogP contribution is -2.43.